The second kappa shape index (κ2) is 12.1. The predicted molar refractivity (Wildman–Crippen MR) is 39.7 cm³/mol. The zero-order chi connectivity index (χ0) is 5.11. The van der Waals surface area contributed by atoms with Gasteiger partial charge in [-0.1, -0.05) is 18.2 Å². The summed E-state index contributed by atoms with van der Waals surface area (Å²) < 4.78 is 0. The Kier molecular flexibility index (Phi) is 24.8. The van der Waals surface area contributed by atoms with Crippen LogP contribution in [0, 0.1) is 0 Å². The van der Waals surface area contributed by atoms with Crippen LogP contribution >= 0.6 is 0 Å². The van der Waals surface area contributed by atoms with E-state index in [0.29, 0.717) is 5.75 Å². The number of para-hydroxylation sites is 1. The first-order chi connectivity index (χ1) is 3.39. The van der Waals surface area contributed by atoms with E-state index in [-0.39, 0.29) is 33.8 Å². The Labute approximate surface area is 75.5 Å². The van der Waals surface area contributed by atoms with Crippen molar-refractivity contribution in [1.82, 2.24) is 0 Å². The Bertz CT molecular complexity index is 145. The SMILES string of the molecule is Oc1ccccc1.[Al+3].[OH-].[OH-].[OH-]. The number of phenols is 1. The molecular formula is C6H9AlO4. The third-order valence-corrected chi connectivity index (χ3v) is 0.756. The van der Waals surface area contributed by atoms with Crippen LogP contribution in [-0.2, 0) is 0 Å². The quantitative estimate of drug-likeness (QED) is 0.573. The number of aromatic hydroxyl groups is 1. The largest absolute Gasteiger partial charge is 3.00 e. The fourth-order valence-electron chi connectivity index (χ4n) is 0.428. The molecule has 1 rings (SSSR count). The number of hydrogen-bond acceptors (Lipinski definition) is 4. The summed E-state index contributed by atoms with van der Waals surface area (Å²) >= 11 is 0. The third-order valence-electron chi connectivity index (χ3n) is 0.756. The zero-order valence-corrected chi connectivity index (χ0v) is 6.91. The summed E-state index contributed by atoms with van der Waals surface area (Å²) in [6, 6.07) is 8.71. The van der Waals surface area contributed by atoms with Crippen molar-refractivity contribution in [3.8, 4) is 5.75 Å². The van der Waals surface area contributed by atoms with Crippen molar-refractivity contribution in [2.75, 3.05) is 0 Å². The van der Waals surface area contributed by atoms with Gasteiger partial charge in [0.2, 0.25) is 0 Å². The summed E-state index contributed by atoms with van der Waals surface area (Å²) in [6.07, 6.45) is 0. The molecule has 0 aliphatic heterocycles. The minimum atomic E-state index is 0. The summed E-state index contributed by atoms with van der Waals surface area (Å²) in [5.74, 6) is 0.322. The average Bonchev–Trinajstić information content (AvgIpc) is 1.69. The van der Waals surface area contributed by atoms with Gasteiger partial charge in [-0.25, -0.2) is 0 Å². The topological polar surface area (TPSA) is 110 Å². The van der Waals surface area contributed by atoms with Gasteiger partial charge in [0.1, 0.15) is 5.75 Å². The Morgan fingerprint density at radius 1 is 0.818 bits per heavy atom. The molecule has 0 saturated heterocycles. The molecule has 0 atom stereocenters. The van der Waals surface area contributed by atoms with Crippen molar-refractivity contribution >= 4 is 17.4 Å². The number of rotatable bonds is 0. The molecule has 4 nitrogen and oxygen atoms in total. The standard InChI is InChI=1S/C6H6O.Al.3H2O/c7-6-4-2-1-3-5-6;;;;/h1-5,7H;;3*1H2/q;+3;;;/p-3. The maximum Gasteiger partial charge on any atom is 3.00 e. The summed E-state index contributed by atoms with van der Waals surface area (Å²) in [4.78, 5) is 0. The normalized spacial score (nSPS) is 5.45. The van der Waals surface area contributed by atoms with E-state index in [9.17, 15) is 0 Å². The van der Waals surface area contributed by atoms with Gasteiger partial charge in [-0.15, -0.1) is 0 Å². The molecule has 0 aliphatic rings. The molecule has 0 aliphatic carbocycles. The molecule has 0 radical (unpaired) electrons. The van der Waals surface area contributed by atoms with E-state index in [0.717, 1.165) is 0 Å². The number of benzene rings is 1. The van der Waals surface area contributed by atoms with Crippen molar-refractivity contribution < 1.29 is 21.5 Å². The van der Waals surface area contributed by atoms with Gasteiger partial charge in [-0.3, -0.25) is 0 Å². The number of hydrogen-bond donors (Lipinski definition) is 1. The maximum absolute atomic E-state index is 8.63. The molecule has 0 bridgehead atoms. The fraction of sp³-hybridized carbons (Fsp3) is 0. The van der Waals surface area contributed by atoms with Crippen molar-refractivity contribution in [1.29, 1.82) is 0 Å². The Balaban J connectivity index is -0.0000000612. The molecule has 4 N–H and O–H groups in total. The molecular weight excluding hydrogens is 163 g/mol. The molecule has 0 heterocycles. The van der Waals surface area contributed by atoms with Crippen LogP contribution in [-0.4, -0.2) is 38.9 Å². The van der Waals surface area contributed by atoms with E-state index in [1.54, 1.807) is 24.3 Å². The molecule has 60 valence electrons. The van der Waals surface area contributed by atoms with E-state index in [4.69, 9.17) is 5.11 Å². The molecule has 11 heavy (non-hydrogen) atoms. The first kappa shape index (κ1) is 22.4. The van der Waals surface area contributed by atoms with Crippen LogP contribution in [0.15, 0.2) is 30.3 Å². The van der Waals surface area contributed by atoms with Crippen molar-refractivity contribution in [2.24, 2.45) is 0 Å². The molecule has 5 heteroatoms. The van der Waals surface area contributed by atoms with Gasteiger partial charge in [0, 0.05) is 0 Å². The molecule has 0 amide bonds. The van der Waals surface area contributed by atoms with Gasteiger partial charge < -0.3 is 21.5 Å². The van der Waals surface area contributed by atoms with Crippen molar-refractivity contribution in [3.05, 3.63) is 30.3 Å². The third kappa shape index (κ3) is 9.43. The minimum Gasteiger partial charge on any atom is -0.870 e. The Morgan fingerprint density at radius 3 is 1.36 bits per heavy atom. The average molecular weight is 172 g/mol. The van der Waals surface area contributed by atoms with Crippen LogP contribution in [0.1, 0.15) is 0 Å². The molecule has 0 spiro atoms. The first-order valence-corrected chi connectivity index (χ1v) is 2.13. The van der Waals surface area contributed by atoms with Crippen LogP contribution in [0.5, 0.6) is 5.75 Å². The minimum absolute atomic E-state index is 0. The van der Waals surface area contributed by atoms with Crippen LogP contribution in [0.4, 0.5) is 0 Å². The van der Waals surface area contributed by atoms with Crippen molar-refractivity contribution in [3.63, 3.8) is 0 Å². The van der Waals surface area contributed by atoms with Gasteiger partial charge >= 0.3 is 17.4 Å². The molecule has 1 aromatic rings. The van der Waals surface area contributed by atoms with E-state index < -0.39 is 0 Å². The first-order valence-electron chi connectivity index (χ1n) is 2.13. The monoisotopic (exact) mass is 172 g/mol. The second-order valence-electron chi connectivity index (χ2n) is 1.34. The van der Waals surface area contributed by atoms with Gasteiger partial charge in [0.15, 0.2) is 0 Å². The molecule has 0 fully saturated rings. The zero-order valence-electron chi connectivity index (χ0n) is 5.75. The fourth-order valence-corrected chi connectivity index (χ4v) is 0.428. The van der Waals surface area contributed by atoms with E-state index in [1.807, 2.05) is 6.07 Å². The smallest absolute Gasteiger partial charge is 0.870 e. The predicted octanol–water partition coefficient (Wildman–Crippen LogP) is 0.481. The van der Waals surface area contributed by atoms with E-state index >= 15 is 0 Å². The van der Waals surface area contributed by atoms with Crippen LogP contribution in [0.25, 0.3) is 0 Å². The molecule has 0 saturated carbocycles. The van der Waals surface area contributed by atoms with Crippen LogP contribution in [0.2, 0.25) is 0 Å². The summed E-state index contributed by atoms with van der Waals surface area (Å²) in [5, 5.41) is 8.63. The van der Waals surface area contributed by atoms with E-state index in [1.165, 1.54) is 0 Å². The van der Waals surface area contributed by atoms with Crippen LogP contribution in [0.3, 0.4) is 0 Å². The van der Waals surface area contributed by atoms with Gasteiger partial charge in [-0.05, 0) is 12.1 Å². The maximum atomic E-state index is 8.63. The van der Waals surface area contributed by atoms with Crippen LogP contribution < -0.4 is 0 Å². The van der Waals surface area contributed by atoms with E-state index in [2.05, 4.69) is 0 Å². The summed E-state index contributed by atoms with van der Waals surface area (Å²) in [5.41, 5.74) is 0. The number of phenolic OH excluding ortho intramolecular Hbond substituents is 1. The van der Waals surface area contributed by atoms with Crippen molar-refractivity contribution in [2.45, 2.75) is 0 Å². The van der Waals surface area contributed by atoms with Gasteiger partial charge in [0.25, 0.3) is 0 Å². The summed E-state index contributed by atoms with van der Waals surface area (Å²) in [6.45, 7) is 0. The Morgan fingerprint density at radius 2 is 1.18 bits per heavy atom. The Hall–Kier alpha value is -0.568. The second-order valence-corrected chi connectivity index (χ2v) is 1.34. The summed E-state index contributed by atoms with van der Waals surface area (Å²) in [7, 11) is 0. The molecule has 0 unspecified atom stereocenters. The van der Waals surface area contributed by atoms with Gasteiger partial charge in [-0.2, -0.15) is 0 Å². The molecule has 0 aromatic heterocycles. The molecule has 1 aromatic carbocycles. The van der Waals surface area contributed by atoms with Gasteiger partial charge in [0.05, 0.1) is 0 Å².